The monoisotopic (exact) mass is 430 g/mol. The van der Waals surface area contributed by atoms with Gasteiger partial charge in [0.15, 0.2) is 0 Å². The van der Waals surface area contributed by atoms with Gasteiger partial charge in [-0.1, -0.05) is 78.1 Å². The number of nitrogens with zero attached hydrogens (tertiary/aromatic N) is 2. The Morgan fingerprint density at radius 3 is 1.07 bits per heavy atom. The summed E-state index contributed by atoms with van der Waals surface area (Å²) in [5.74, 6) is 0. The van der Waals surface area contributed by atoms with E-state index in [1.807, 2.05) is 0 Å². The van der Waals surface area contributed by atoms with Gasteiger partial charge >= 0.3 is 0 Å². The maximum Gasteiger partial charge on any atom is 0.138 e. The Morgan fingerprint density at radius 2 is 0.767 bits per heavy atom. The second-order valence-corrected chi connectivity index (χ2v) is 11.3. The van der Waals surface area contributed by atoms with Crippen molar-refractivity contribution >= 4 is 0 Å². The van der Waals surface area contributed by atoms with Crippen LogP contribution in [0.15, 0.2) is 0 Å². The van der Waals surface area contributed by atoms with Crippen molar-refractivity contribution in [2.45, 2.75) is 103 Å². The predicted molar refractivity (Wildman–Crippen MR) is 132 cm³/mol. The van der Waals surface area contributed by atoms with Crippen molar-refractivity contribution in [1.29, 1.82) is 0 Å². The lowest BCUT2D eigenvalue weighted by atomic mass is 10.1. The maximum absolute atomic E-state index is 6.49. The normalized spacial score (nSPS) is 14.8. The number of ether oxygens (including phenoxy) is 2. The summed E-state index contributed by atoms with van der Waals surface area (Å²) in [5.41, 5.74) is 0. The average molecular weight is 431 g/mol. The lowest BCUT2D eigenvalue weighted by Gasteiger charge is -2.36. The summed E-state index contributed by atoms with van der Waals surface area (Å²) in [6.07, 6.45) is 16.0. The van der Waals surface area contributed by atoms with Gasteiger partial charge in [-0.05, 0) is 12.8 Å². The maximum atomic E-state index is 6.49. The molecule has 2 atom stereocenters. The van der Waals surface area contributed by atoms with Crippen molar-refractivity contribution in [1.82, 2.24) is 0 Å². The van der Waals surface area contributed by atoms with Crippen molar-refractivity contribution in [2.75, 3.05) is 68.6 Å². The highest BCUT2D eigenvalue weighted by atomic mass is 16.5. The molecule has 0 fully saturated rings. The molecule has 0 saturated heterocycles. The van der Waals surface area contributed by atoms with Crippen LogP contribution in [0.1, 0.15) is 90.9 Å². The number of quaternary nitrogens is 2. The minimum atomic E-state index is 0.165. The molecule has 0 saturated carbocycles. The molecule has 0 unspecified atom stereocenters. The molecule has 4 heteroatoms. The van der Waals surface area contributed by atoms with Crippen LogP contribution >= 0.6 is 0 Å². The first-order valence-corrected chi connectivity index (χ1v) is 12.9. The van der Waals surface area contributed by atoms with Gasteiger partial charge < -0.3 is 18.4 Å². The predicted octanol–water partition coefficient (Wildman–Crippen LogP) is 5.89. The van der Waals surface area contributed by atoms with Gasteiger partial charge in [0.1, 0.15) is 25.3 Å². The summed E-state index contributed by atoms with van der Waals surface area (Å²) in [5, 5.41) is 0. The van der Waals surface area contributed by atoms with Crippen LogP contribution in [0.25, 0.3) is 0 Å². The van der Waals surface area contributed by atoms with Crippen molar-refractivity contribution in [2.24, 2.45) is 0 Å². The summed E-state index contributed by atoms with van der Waals surface area (Å²) < 4.78 is 14.8. The van der Waals surface area contributed by atoms with Gasteiger partial charge in [-0.2, -0.15) is 0 Å². The summed E-state index contributed by atoms with van der Waals surface area (Å²) in [4.78, 5) is 0. The van der Waals surface area contributed by atoms with E-state index < -0.39 is 0 Å². The number of rotatable bonds is 21. The van der Waals surface area contributed by atoms with Crippen LogP contribution in [0.5, 0.6) is 0 Å². The second-order valence-electron chi connectivity index (χ2n) is 11.3. The molecule has 0 N–H and O–H groups in total. The quantitative estimate of drug-likeness (QED) is 0.167. The Balaban J connectivity index is 4.66. The molecule has 30 heavy (non-hydrogen) atoms. The van der Waals surface area contributed by atoms with E-state index in [0.717, 1.165) is 35.3 Å². The number of hydrogen-bond acceptors (Lipinski definition) is 2. The molecule has 0 aliphatic carbocycles. The largest absolute Gasteiger partial charge is 0.369 e. The molecule has 4 nitrogen and oxygen atoms in total. The van der Waals surface area contributed by atoms with E-state index in [-0.39, 0.29) is 12.2 Å². The molecule has 0 heterocycles. The van der Waals surface area contributed by atoms with Crippen molar-refractivity contribution in [3.63, 3.8) is 0 Å². The average Bonchev–Trinajstić information content (AvgIpc) is 2.62. The lowest BCUT2D eigenvalue weighted by Crippen LogP contribution is -2.53. The Labute approximate surface area is 190 Å². The Hall–Kier alpha value is -0.160. The fourth-order valence-electron chi connectivity index (χ4n) is 3.87. The van der Waals surface area contributed by atoms with Crippen molar-refractivity contribution in [3.8, 4) is 0 Å². The minimum absolute atomic E-state index is 0.165. The highest BCUT2D eigenvalue weighted by Gasteiger charge is 2.32. The summed E-state index contributed by atoms with van der Waals surface area (Å²) in [7, 11) is 13.6. The van der Waals surface area contributed by atoms with E-state index in [2.05, 4.69) is 56.1 Å². The number of hydrogen-bond donors (Lipinski definition) is 0. The zero-order valence-electron chi connectivity index (χ0n) is 22.2. The molecule has 0 bridgehead atoms. The molecule has 0 aliphatic rings. The van der Waals surface area contributed by atoms with Crippen molar-refractivity contribution < 1.29 is 18.4 Å². The smallest absolute Gasteiger partial charge is 0.138 e. The summed E-state index contributed by atoms with van der Waals surface area (Å²) >= 11 is 0. The van der Waals surface area contributed by atoms with Gasteiger partial charge in [0.25, 0.3) is 0 Å². The molecule has 0 rings (SSSR count). The fourth-order valence-corrected chi connectivity index (χ4v) is 3.87. The van der Waals surface area contributed by atoms with Crippen LogP contribution in [-0.4, -0.2) is 89.8 Å². The van der Waals surface area contributed by atoms with Gasteiger partial charge in [-0.3, -0.25) is 0 Å². The lowest BCUT2D eigenvalue weighted by molar-refractivity contribution is -0.882. The highest BCUT2D eigenvalue weighted by molar-refractivity contribution is 4.71. The first-order valence-electron chi connectivity index (χ1n) is 12.9. The van der Waals surface area contributed by atoms with Crippen LogP contribution in [0, 0.1) is 0 Å². The third kappa shape index (κ3) is 19.8. The van der Waals surface area contributed by atoms with E-state index >= 15 is 0 Å². The number of unbranched alkanes of at least 4 members (excludes halogenated alkanes) is 10. The molecule has 0 aromatic heterocycles. The zero-order chi connectivity index (χ0) is 22.9. The molecular formula is C26H58N2O2+2. The summed E-state index contributed by atoms with van der Waals surface area (Å²) in [6.45, 7) is 8.28. The highest BCUT2D eigenvalue weighted by Crippen LogP contribution is 2.15. The first kappa shape index (κ1) is 29.8. The van der Waals surface area contributed by atoms with E-state index in [4.69, 9.17) is 9.47 Å². The molecule has 0 spiro atoms. The molecule has 0 amide bonds. The minimum Gasteiger partial charge on any atom is -0.369 e. The third-order valence-electron chi connectivity index (χ3n) is 5.53. The van der Waals surface area contributed by atoms with E-state index in [9.17, 15) is 0 Å². The van der Waals surface area contributed by atoms with Gasteiger partial charge in [0.05, 0.1) is 42.3 Å². The molecule has 0 radical (unpaired) electrons. The topological polar surface area (TPSA) is 18.5 Å². The Morgan fingerprint density at radius 1 is 0.467 bits per heavy atom. The Bertz CT molecular complexity index is 338. The van der Waals surface area contributed by atoms with Gasteiger partial charge in [-0.25, -0.2) is 0 Å². The van der Waals surface area contributed by atoms with E-state index in [1.54, 1.807) is 0 Å². The second kappa shape index (κ2) is 17.4. The van der Waals surface area contributed by atoms with E-state index in [1.165, 1.54) is 77.0 Å². The SMILES string of the molecule is CCCCCCCCO[C@@H](C[N+](C)(C)C)[C@H](C[N+](C)(C)C)OCCCCCCCC. The molecule has 0 aromatic carbocycles. The molecule has 0 aliphatic heterocycles. The van der Waals surface area contributed by atoms with Crippen LogP contribution in [0.2, 0.25) is 0 Å². The zero-order valence-corrected chi connectivity index (χ0v) is 22.2. The molecule has 0 aromatic rings. The van der Waals surface area contributed by atoms with Gasteiger partial charge in [0, 0.05) is 13.2 Å². The van der Waals surface area contributed by atoms with Gasteiger partial charge in [-0.15, -0.1) is 0 Å². The van der Waals surface area contributed by atoms with Gasteiger partial charge in [0.2, 0.25) is 0 Å². The summed E-state index contributed by atoms with van der Waals surface area (Å²) in [6, 6.07) is 0. The van der Waals surface area contributed by atoms with Crippen molar-refractivity contribution in [3.05, 3.63) is 0 Å². The first-order chi connectivity index (χ1) is 14.1. The Kier molecular flexibility index (Phi) is 17.3. The number of likely N-dealkylation sites (N-methyl/N-ethyl adjacent to an activating group) is 2. The van der Waals surface area contributed by atoms with Crippen LogP contribution in [0.4, 0.5) is 0 Å². The third-order valence-corrected chi connectivity index (χ3v) is 5.53. The van der Waals surface area contributed by atoms with Crippen LogP contribution in [0.3, 0.4) is 0 Å². The van der Waals surface area contributed by atoms with Crippen LogP contribution in [-0.2, 0) is 9.47 Å². The standard InChI is InChI=1S/C26H58N2O2/c1-9-11-13-15-17-19-21-29-25(23-27(3,4)5)26(24-28(6,7)8)30-22-20-18-16-14-12-10-2/h25-26H,9-24H2,1-8H3/q+2/t25-,26-/m0/s1. The van der Waals surface area contributed by atoms with Crippen LogP contribution < -0.4 is 0 Å². The van der Waals surface area contributed by atoms with E-state index in [0.29, 0.717) is 0 Å². The molecule has 182 valence electrons. The fraction of sp³-hybridized carbons (Fsp3) is 1.00. The molecular weight excluding hydrogens is 372 g/mol.